The molecular formula is C30H29N3O5. The second-order valence-electron chi connectivity index (χ2n) is 8.42. The maximum Gasteiger partial charge on any atom is 0.412 e. The first kappa shape index (κ1) is 26.2. The first-order chi connectivity index (χ1) is 18.4. The number of ether oxygens (including phenoxy) is 2. The van der Waals surface area contributed by atoms with Gasteiger partial charge in [0.05, 0.1) is 17.1 Å². The number of nitrogen functional groups attached to an aromatic ring is 1. The monoisotopic (exact) mass is 511 g/mol. The average molecular weight is 512 g/mol. The Kier molecular flexibility index (Phi) is 8.58. The van der Waals surface area contributed by atoms with Crippen LogP contribution in [0.3, 0.4) is 0 Å². The molecule has 5 N–H and O–H groups in total. The van der Waals surface area contributed by atoms with Crippen LogP contribution in [-0.4, -0.2) is 29.8 Å². The van der Waals surface area contributed by atoms with E-state index in [9.17, 15) is 14.7 Å². The summed E-state index contributed by atoms with van der Waals surface area (Å²) in [5.41, 5.74) is 8.01. The van der Waals surface area contributed by atoms with E-state index in [1.165, 1.54) is 24.3 Å². The maximum absolute atomic E-state index is 13.1. The molecule has 0 spiro atoms. The fourth-order valence-corrected chi connectivity index (χ4v) is 3.98. The topological polar surface area (TPSA) is 123 Å². The second kappa shape index (κ2) is 12.4. The van der Waals surface area contributed by atoms with Crippen LogP contribution in [0, 0.1) is 0 Å². The summed E-state index contributed by atoms with van der Waals surface area (Å²) < 4.78 is 11.7. The highest BCUT2D eigenvalue weighted by molar-refractivity contribution is 6.01. The number of para-hydroxylation sites is 2. The number of nitrogens with one attached hydrogen (secondary N) is 2. The zero-order chi connectivity index (χ0) is 26.9. The van der Waals surface area contributed by atoms with Crippen molar-refractivity contribution in [3.8, 4) is 5.75 Å². The van der Waals surface area contributed by atoms with Crippen molar-refractivity contribution in [1.82, 2.24) is 0 Å². The van der Waals surface area contributed by atoms with Crippen molar-refractivity contribution >= 4 is 39.8 Å². The number of phenolic OH excluding ortho intramolecular Hbond substituents is 1. The Balaban J connectivity index is 1.57. The van der Waals surface area contributed by atoms with E-state index in [-0.39, 0.29) is 5.75 Å². The van der Waals surface area contributed by atoms with Crippen molar-refractivity contribution in [2.24, 2.45) is 0 Å². The van der Waals surface area contributed by atoms with E-state index in [2.05, 4.69) is 10.6 Å². The minimum Gasteiger partial charge on any atom is -0.508 e. The van der Waals surface area contributed by atoms with Gasteiger partial charge >= 0.3 is 6.09 Å². The molecule has 4 aromatic rings. The molecule has 2 amide bonds. The van der Waals surface area contributed by atoms with Gasteiger partial charge in [0.25, 0.3) is 0 Å². The number of nitrogens with two attached hydrogens (primary N) is 1. The fraction of sp³-hybridized carbons (Fsp3) is 0.133. The van der Waals surface area contributed by atoms with Crippen molar-refractivity contribution < 1.29 is 24.2 Å². The summed E-state index contributed by atoms with van der Waals surface area (Å²) in [6, 6.07) is 26.4. The highest BCUT2D eigenvalue weighted by Gasteiger charge is 2.27. The van der Waals surface area contributed by atoms with Gasteiger partial charge in [-0.25, -0.2) is 4.79 Å². The number of amides is 2. The van der Waals surface area contributed by atoms with Gasteiger partial charge in [-0.3, -0.25) is 10.1 Å². The molecule has 8 heteroatoms. The van der Waals surface area contributed by atoms with E-state index >= 15 is 0 Å². The molecule has 0 radical (unpaired) electrons. The molecule has 0 bridgehead atoms. The Morgan fingerprint density at radius 3 is 2.34 bits per heavy atom. The molecule has 0 heterocycles. The van der Waals surface area contributed by atoms with Gasteiger partial charge in [-0.15, -0.1) is 0 Å². The van der Waals surface area contributed by atoms with Crippen molar-refractivity contribution in [1.29, 1.82) is 0 Å². The Labute approximate surface area is 220 Å². The molecule has 38 heavy (non-hydrogen) atoms. The van der Waals surface area contributed by atoms with Crippen molar-refractivity contribution in [2.45, 2.75) is 19.1 Å². The Morgan fingerprint density at radius 1 is 0.895 bits per heavy atom. The lowest BCUT2D eigenvalue weighted by atomic mass is 10.0. The van der Waals surface area contributed by atoms with Crippen molar-refractivity contribution in [2.75, 3.05) is 23.0 Å². The number of hydrogen-bond acceptors (Lipinski definition) is 6. The summed E-state index contributed by atoms with van der Waals surface area (Å²) in [6.45, 7) is 2.10. The number of benzene rings is 4. The van der Waals surface area contributed by atoms with Gasteiger partial charge in [-0.1, -0.05) is 60.7 Å². The van der Waals surface area contributed by atoms with E-state index < -0.39 is 24.2 Å². The number of fused-ring (bicyclic) bond motifs is 1. The lowest BCUT2D eigenvalue weighted by Gasteiger charge is -2.25. The largest absolute Gasteiger partial charge is 0.508 e. The van der Waals surface area contributed by atoms with Crippen molar-refractivity contribution in [3.05, 3.63) is 109 Å². The molecule has 0 saturated heterocycles. The minimum absolute atomic E-state index is 0.0658. The number of phenols is 1. The third kappa shape index (κ3) is 6.68. The molecular weight excluding hydrogens is 482 g/mol. The van der Waals surface area contributed by atoms with Crippen molar-refractivity contribution in [3.63, 3.8) is 0 Å². The molecule has 2 atom stereocenters. The molecule has 0 aliphatic rings. The van der Waals surface area contributed by atoms with Crippen LogP contribution in [0.2, 0.25) is 0 Å². The van der Waals surface area contributed by atoms with Gasteiger partial charge in [-0.2, -0.15) is 0 Å². The van der Waals surface area contributed by atoms with Gasteiger partial charge < -0.3 is 25.6 Å². The Hall–Kier alpha value is -4.82. The molecule has 0 unspecified atom stereocenters. The molecule has 0 aliphatic carbocycles. The van der Waals surface area contributed by atoms with Crippen LogP contribution in [0.15, 0.2) is 103 Å². The third-order valence-corrected chi connectivity index (χ3v) is 5.80. The number of anilines is 3. The molecule has 0 aliphatic heterocycles. The zero-order valence-corrected chi connectivity index (χ0v) is 20.8. The van der Waals surface area contributed by atoms with Crippen LogP contribution in [0.5, 0.6) is 5.75 Å². The summed E-state index contributed by atoms with van der Waals surface area (Å²) in [7, 11) is 0. The molecule has 8 nitrogen and oxygen atoms in total. The zero-order valence-electron chi connectivity index (χ0n) is 20.8. The number of rotatable bonds is 9. The Bertz CT molecular complexity index is 1430. The summed E-state index contributed by atoms with van der Waals surface area (Å²) in [5, 5.41) is 17.1. The van der Waals surface area contributed by atoms with Crippen LogP contribution in [-0.2, 0) is 14.3 Å². The molecule has 0 aromatic heterocycles. The first-order valence-electron chi connectivity index (χ1n) is 12.1. The predicted molar refractivity (Wildman–Crippen MR) is 149 cm³/mol. The third-order valence-electron chi connectivity index (χ3n) is 5.80. The maximum atomic E-state index is 13.1. The molecule has 0 saturated carbocycles. The van der Waals surface area contributed by atoms with E-state index in [0.29, 0.717) is 29.2 Å². The summed E-state index contributed by atoms with van der Waals surface area (Å²) in [4.78, 5) is 25.7. The number of carbonyl (C=O) groups is 2. The molecule has 4 aromatic carbocycles. The lowest BCUT2D eigenvalue weighted by molar-refractivity contribution is -0.112. The minimum atomic E-state index is -0.920. The summed E-state index contributed by atoms with van der Waals surface area (Å²) >= 11 is 0. The van der Waals surface area contributed by atoms with Gasteiger partial charge in [-0.05, 0) is 54.3 Å². The first-order valence-corrected chi connectivity index (χ1v) is 12.1. The van der Waals surface area contributed by atoms with Crippen LogP contribution in [0.1, 0.15) is 18.6 Å². The molecule has 0 fully saturated rings. The predicted octanol–water partition coefficient (Wildman–Crippen LogP) is 6.02. The number of aromatic hydroxyl groups is 1. The van der Waals surface area contributed by atoms with E-state index in [4.69, 9.17) is 15.2 Å². The number of carbonyl (C=O) groups excluding carboxylic acids is 2. The van der Waals surface area contributed by atoms with Gasteiger partial charge in [0, 0.05) is 18.1 Å². The highest BCUT2D eigenvalue weighted by atomic mass is 16.6. The SMILES string of the molecule is CCO[C@H](/C=C/C(=O)Nc1ccccc1N)[C@H](OC(=O)Nc1cccc2ccccc12)c1ccc(O)cc1. The summed E-state index contributed by atoms with van der Waals surface area (Å²) in [5.74, 6) is -0.353. The smallest absolute Gasteiger partial charge is 0.412 e. The van der Waals surface area contributed by atoms with Crippen LogP contribution in [0.4, 0.5) is 21.9 Å². The second-order valence-corrected chi connectivity index (χ2v) is 8.42. The quantitative estimate of drug-likeness (QED) is 0.161. The van der Waals surface area contributed by atoms with Crippen LogP contribution >= 0.6 is 0 Å². The number of hydrogen-bond donors (Lipinski definition) is 4. The standard InChI is InChI=1S/C30H29N3O5/c1-2-37-27(18-19-28(35)32-26-12-6-5-11-24(26)31)29(21-14-16-22(34)17-15-21)38-30(36)33-25-13-7-9-20-8-3-4-10-23(20)25/h3-19,27,29,34H,2,31H2,1H3,(H,32,35)(H,33,36)/b19-18+/t27-,29-/m1/s1. The van der Waals surface area contributed by atoms with E-state index in [1.807, 2.05) is 36.4 Å². The normalized spacial score (nSPS) is 12.7. The fourth-order valence-electron chi connectivity index (χ4n) is 3.98. The van der Waals surface area contributed by atoms with Crippen LogP contribution < -0.4 is 16.4 Å². The van der Waals surface area contributed by atoms with Gasteiger partial charge in [0.2, 0.25) is 5.91 Å². The van der Waals surface area contributed by atoms with E-state index in [0.717, 1.165) is 10.8 Å². The lowest BCUT2D eigenvalue weighted by Crippen LogP contribution is -2.28. The van der Waals surface area contributed by atoms with Gasteiger partial charge in [0.15, 0.2) is 6.10 Å². The van der Waals surface area contributed by atoms with Crippen LogP contribution in [0.25, 0.3) is 10.8 Å². The average Bonchev–Trinajstić information content (AvgIpc) is 2.92. The highest BCUT2D eigenvalue weighted by Crippen LogP contribution is 2.29. The van der Waals surface area contributed by atoms with Gasteiger partial charge in [0.1, 0.15) is 11.9 Å². The summed E-state index contributed by atoms with van der Waals surface area (Å²) in [6.07, 6.45) is 0.421. The van der Waals surface area contributed by atoms with E-state index in [1.54, 1.807) is 49.4 Å². The Morgan fingerprint density at radius 2 is 1.58 bits per heavy atom. The molecule has 4 rings (SSSR count). The molecule has 194 valence electrons.